The molecule has 0 fully saturated rings. The Kier molecular flexibility index (Phi) is 6.96. The van der Waals surface area contributed by atoms with Gasteiger partial charge in [0.15, 0.2) is 0 Å². The van der Waals surface area contributed by atoms with Crippen LogP contribution in [-0.2, 0) is 15.5 Å². The van der Waals surface area contributed by atoms with Gasteiger partial charge in [0.05, 0.1) is 5.41 Å². The minimum atomic E-state index is -5.98. The average Bonchev–Trinajstić information content (AvgIpc) is 3.54. The van der Waals surface area contributed by atoms with Gasteiger partial charge in [-0.3, -0.25) is 0 Å². The second-order valence-corrected chi connectivity index (χ2v) is 15.9. The van der Waals surface area contributed by atoms with Crippen molar-refractivity contribution in [3.05, 3.63) is 167 Å². The van der Waals surface area contributed by atoms with Crippen molar-refractivity contribution < 1.29 is 25.8 Å². The van der Waals surface area contributed by atoms with E-state index in [1.54, 1.807) is 6.07 Å². The molecule has 0 aromatic heterocycles. The second-order valence-electron chi connectivity index (χ2n) is 12.2. The molecule has 8 heteroatoms. The van der Waals surface area contributed by atoms with E-state index in [0.717, 1.165) is 60.4 Å². The van der Waals surface area contributed by atoms with Gasteiger partial charge >= 0.3 is 15.6 Å². The lowest BCUT2D eigenvalue weighted by molar-refractivity contribution is -0.0500. The summed E-state index contributed by atoms with van der Waals surface area (Å²) in [6.45, 7) is 4.10. The lowest BCUT2D eigenvalue weighted by Crippen LogP contribution is -2.35. The maximum atomic E-state index is 13.9. The van der Waals surface area contributed by atoms with Gasteiger partial charge in [-0.25, -0.2) is 0 Å². The zero-order chi connectivity index (χ0) is 33.4. The summed E-state index contributed by atoms with van der Waals surface area (Å²) >= 11 is 0. The molecule has 48 heavy (non-hydrogen) atoms. The van der Waals surface area contributed by atoms with E-state index in [9.17, 15) is 21.6 Å². The molecular weight excluding hydrogens is 648 g/mol. The van der Waals surface area contributed by atoms with Crippen molar-refractivity contribution in [1.29, 1.82) is 0 Å². The lowest BCUT2D eigenvalue weighted by atomic mass is 9.70. The van der Waals surface area contributed by atoms with Gasteiger partial charge in [-0.1, -0.05) is 139 Å². The molecule has 6 aromatic carbocycles. The Morgan fingerprint density at radius 2 is 1.02 bits per heavy atom. The molecular formula is C40H28F3O3PS. The van der Waals surface area contributed by atoms with Crippen LogP contribution in [0.5, 0.6) is 5.75 Å². The molecule has 6 aromatic rings. The Balaban J connectivity index is 1.52. The van der Waals surface area contributed by atoms with E-state index in [4.69, 9.17) is 4.18 Å². The topological polar surface area (TPSA) is 43.4 Å². The molecule has 1 atom stereocenters. The number of benzene rings is 6. The van der Waals surface area contributed by atoms with Gasteiger partial charge in [-0.15, -0.1) is 0 Å². The molecule has 0 radical (unpaired) electrons. The number of alkyl halides is 3. The van der Waals surface area contributed by atoms with Crippen LogP contribution in [0.25, 0.3) is 22.3 Å². The molecule has 0 saturated carbocycles. The molecule has 0 amide bonds. The third-order valence-electron chi connectivity index (χ3n) is 9.37. The predicted molar refractivity (Wildman–Crippen MR) is 187 cm³/mol. The van der Waals surface area contributed by atoms with Crippen molar-refractivity contribution in [2.45, 2.75) is 24.8 Å². The Morgan fingerprint density at radius 3 is 1.54 bits per heavy atom. The molecule has 0 unspecified atom stereocenters. The minimum absolute atomic E-state index is 0.339. The molecule has 2 aliphatic rings. The van der Waals surface area contributed by atoms with Crippen molar-refractivity contribution in [2.75, 3.05) is 0 Å². The van der Waals surface area contributed by atoms with Crippen molar-refractivity contribution in [3.63, 3.8) is 0 Å². The first kappa shape index (κ1) is 30.6. The van der Waals surface area contributed by atoms with Crippen LogP contribution in [0.4, 0.5) is 13.2 Å². The van der Waals surface area contributed by atoms with Gasteiger partial charge in [-0.2, -0.15) is 21.6 Å². The molecule has 2 aliphatic carbocycles. The first-order chi connectivity index (χ1) is 23.0. The largest absolute Gasteiger partial charge is 0.534 e. The fraction of sp³-hybridized carbons (Fsp3) is 0.100. The van der Waals surface area contributed by atoms with Gasteiger partial charge in [0.25, 0.3) is 0 Å². The molecule has 0 heterocycles. The van der Waals surface area contributed by atoms with Crippen LogP contribution in [0, 0.1) is 13.8 Å². The highest BCUT2D eigenvalue weighted by atomic mass is 32.2. The number of rotatable bonds is 5. The highest BCUT2D eigenvalue weighted by molar-refractivity contribution is 7.88. The molecule has 1 spiro atoms. The smallest absolute Gasteiger partial charge is 0.376 e. The van der Waals surface area contributed by atoms with Crippen molar-refractivity contribution in [3.8, 4) is 28.0 Å². The molecule has 0 aliphatic heterocycles. The van der Waals surface area contributed by atoms with Crippen molar-refractivity contribution in [2.24, 2.45) is 0 Å². The number of hydrogen-bond acceptors (Lipinski definition) is 3. The third-order valence-corrected chi connectivity index (χ3v) is 12.8. The van der Waals surface area contributed by atoms with Crippen LogP contribution < -0.4 is 20.1 Å². The summed E-state index contributed by atoms with van der Waals surface area (Å²) in [5.41, 5.74) is 1.87. The van der Waals surface area contributed by atoms with Crippen LogP contribution in [0.2, 0.25) is 0 Å². The fourth-order valence-electron chi connectivity index (χ4n) is 7.44. The van der Waals surface area contributed by atoms with E-state index in [2.05, 4.69) is 60.7 Å². The fourth-order valence-corrected chi connectivity index (χ4v) is 10.4. The van der Waals surface area contributed by atoms with E-state index < -0.39 is 29.0 Å². The molecule has 0 saturated heterocycles. The van der Waals surface area contributed by atoms with E-state index >= 15 is 0 Å². The van der Waals surface area contributed by atoms with Crippen LogP contribution in [0.1, 0.15) is 33.4 Å². The van der Waals surface area contributed by atoms with Gasteiger partial charge in [0.1, 0.15) is 5.75 Å². The van der Waals surface area contributed by atoms with Crippen LogP contribution in [0.15, 0.2) is 133 Å². The van der Waals surface area contributed by atoms with Gasteiger partial charge < -0.3 is 4.18 Å². The number of hydrogen-bond donors (Lipinski definition) is 0. The maximum Gasteiger partial charge on any atom is 0.534 e. The van der Waals surface area contributed by atoms with Gasteiger partial charge in [0, 0.05) is 5.56 Å². The second kappa shape index (κ2) is 10.9. The van der Waals surface area contributed by atoms with E-state index in [0.29, 0.717) is 11.1 Å². The summed E-state index contributed by atoms with van der Waals surface area (Å²) in [4.78, 5) is 0. The lowest BCUT2D eigenvalue weighted by Gasteiger charge is -2.35. The molecule has 0 bridgehead atoms. The number of halogens is 3. The molecule has 0 N–H and O–H groups in total. The minimum Gasteiger partial charge on any atom is -0.376 e. The summed E-state index contributed by atoms with van der Waals surface area (Å²) in [5, 5.41) is 3.27. The van der Waals surface area contributed by atoms with Gasteiger partial charge in [-0.05, 0) is 82.7 Å². The zero-order valence-electron chi connectivity index (χ0n) is 25.9. The predicted octanol–water partition coefficient (Wildman–Crippen LogP) is 8.63. The third kappa shape index (κ3) is 4.41. The average molecular weight is 677 g/mol. The van der Waals surface area contributed by atoms with Gasteiger partial charge in [0.2, 0.25) is 0 Å². The Morgan fingerprint density at radius 1 is 0.562 bits per heavy atom. The van der Waals surface area contributed by atoms with Crippen LogP contribution in [0.3, 0.4) is 0 Å². The summed E-state index contributed by atoms with van der Waals surface area (Å²) in [7, 11) is -7.17. The molecule has 3 nitrogen and oxygen atoms in total. The number of aryl methyl sites for hydroxylation is 2. The first-order valence-corrected chi connectivity index (χ1v) is 18.2. The van der Waals surface area contributed by atoms with Crippen LogP contribution in [-0.4, -0.2) is 13.9 Å². The van der Waals surface area contributed by atoms with Crippen molar-refractivity contribution >= 4 is 34.0 Å². The summed E-state index contributed by atoms with van der Waals surface area (Å²) in [6.07, 6.45) is 0. The maximum absolute atomic E-state index is 13.9. The highest BCUT2D eigenvalue weighted by Gasteiger charge is 2.56. The van der Waals surface area contributed by atoms with E-state index in [1.807, 2.05) is 74.5 Å². The first-order valence-electron chi connectivity index (χ1n) is 15.4. The molecule has 238 valence electrons. The molecule has 8 rings (SSSR count). The normalized spacial score (nSPS) is 16.0. The van der Waals surface area contributed by atoms with E-state index in [1.165, 1.54) is 6.07 Å². The van der Waals surface area contributed by atoms with Crippen LogP contribution >= 0.6 is 7.92 Å². The SMILES string of the molecule is Cc1ccc(P(c2ccc(C)cc2)c2cccc3c2[C@]2(c4ccccc4-c4cccc(OS(=O)(=O)C(F)(F)F)c42)c2ccccc2-3)cc1. The summed E-state index contributed by atoms with van der Waals surface area (Å²) in [5.74, 6) is -0.339. The standard InChI is InChI=1S/C40H28F3O3PS/c1-25-17-21-27(22-18-25)47(28-23-19-26(2)20-24-28)36-16-8-12-32-30-10-4-6-14-34(30)39(38(32)36)33-13-5-3-9-29(33)31-11-7-15-35(37(31)39)46-48(44,45)40(41,42)43/h3-24H,1-2H3/t39-/m1/s1. The monoisotopic (exact) mass is 676 g/mol. The summed E-state index contributed by atoms with van der Waals surface area (Å²) in [6, 6.07) is 43.6. The summed E-state index contributed by atoms with van der Waals surface area (Å²) < 4.78 is 72.0. The Labute approximate surface area is 278 Å². The van der Waals surface area contributed by atoms with E-state index in [-0.39, 0.29) is 5.75 Å². The Bertz CT molecular complexity index is 2290. The quantitative estimate of drug-likeness (QED) is 0.104. The number of fused-ring (bicyclic) bond motifs is 10. The Hall–Kier alpha value is -4.71. The highest BCUT2D eigenvalue weighted by Crippen LogP contribution is 2.65. The zero-order valence-corrected chi connectivity index (χ0v) is 27.6. The van der Waals surface area contributed by atoms with Crippen molar-refractivity contribution in [1.82, 2.24) is 0 Å².